The quantitative estimate of drug-likeness (QED) is 0.596. The van der Waals surface area contributed by atoms with E-state index in [2.05, 4.69) is 0 Å². The molecule has 1 aromatic rings. The summed E-state index contributed by atoms with van der Waals surface area (Å²) < 4.78 is 27.6. The molecule has 1 aliphatic carbocycles. The van der Waals surface area contributed by atoms with Crippen LogP contribution in [0.1, 0.15) is 38.5 Å². The van der Waals surface area contributed by atoms with Crippen molar-refractivity contribution in [2.75, 3.05) is 17.7 Å². The van der Waals surface area contributed by atoms with Crippen molar-refractivity contribution in [3.05, 3.63) is 29.8 Å². The van der Waals surface area contributed by atoms with E-state index < -0.39 is 11.6 Å². The molecule has 1 amide bonds. The van der Waals surface area contributed by atoms with Crippen molar-refractivity contribution < 1.29 is 13.6 Å². The van der Waals surface area contributed by atoms with E-state index in [9.17, 15) is 13.6 Å². The highest BCUT2D eigenvalue weighted by Gasteiger charge is 2.34. The number of amidine groups is 1. The summed E-state index contributed by atoms with van der Waals surface area (Å²) in [7, 11) is 1.86. The minimum Gasteiger partial charge on any atom is -0.333 e. The van der Waals surface area contributed by atoms with Gasteiger partial charge in [0.1, 0.15) is 17.8 Å². The van der Waals surface area contributed by atoms with Crippen LogP contribution in [0.2, 0.25) is 0 Å². The van der Waals surface area contributed by atoms with Crippen LogP contribution in [-0.4, -0.2) is 41.5 Å². The molecule has 1 saturated carbocycles. The van der Waals surface area contributed by atoms with Crippen LogP contribution in [0.25, 0.3) is 0 Å². The van der Waals surface area contributed by atoms with E-state index in [-0.39, 0.29) is 11.9 Å². The summed E-state index contributed by atoms with van der Waals surface area (Å²) >= 11 is 1.57. The monoisotopic (exact) mass is 367 g/mol. The van der Waals surface area contributed by atoms with Crippen molar-refractivity contribution in [3.63, 3.8) is 0 Å². The maximum absolute atomic E-state index is 14.1. The van der Waals surface area contributed by atoms with Crippen molar-refractivity contribution in [1.29, 1.82) is 0 Å². The molecule has 0 N–H and O–H groups in total. The van der Waals surface area contributed by atoms with E-state index >= 15 is 0 Å². The molecule has 2 aliphatic rings. The number of hydrogen-bond donors (Lipinski definition) is 0. The maximum atomic E-state index is 14.1. The van der Waals surface area contributed by atoms with E-state index in [1.54, 1.807) is 11.8 Å². The van der Waals surface area contributed by atoms with Gasteiger partial charge in [0.2, 0.25) is 6.41 Å². The molecule has 1 aliphatic heterocycles. The molecule has 1 atom stereocenters. The maximum Gasteiger partial charge on any atom is 0.215 e. The third-order valence-corrected chi connectivity index (χ3v) is 5.97. The summed E-state index contributed by atoms with van der Waals surface area (Å²) in [5.41, 5.74) is -0.0387. The van der Waals surface area contributed by atoms with E-state index in [1.165, 1.54) is 30.6 Å². The summed E-state index contributed by atoms with van der Waals surface area (Å²) in [5, 5.41) is 0.876. The number of carbonyl (C=O) groups is 1. The van der Waals surface area contributed by atoms with Gasteiger partial charge >= 0.3 is 0 Å². The largest absolute Gasteiger partial charge is 0.333 e. The van der Waals surface area contributed by atoms with Crippen LogP contribution in [0.3, 0.4) is 0 Å². The van der Waals surface area contributed by atoms with Crippen LogP contribution in [-0.2, 0) is 4.79 Å². The fourth-order valence-electron chi connectivity index (χ4n) is 3.40. The zero-order valence-corrected chi connectivity index (χ0v) is 15.1. The zero-order valence-electron chi connectivity index (χ0n) is 14.3. The number of anilines is 1. The second-order valence-corrected chi connectivity index (χ2v) is 7.56. The molecule has 25 heavy (non-hydrogen) atoms. The normalized spacial score (nSPS) is 23.7. The molecule has 1 saturated heterocycles. The molecule has 4 nitrogen and oxygen atoms in total. The lowest BCUT2D eigenvalue weighted by Gasteiger charge is -2.30. The second-order valence-electron chi connectivity index (χ2n) is 6.57. The molecule has 136 valence electrons. The summed E-state index contributed by atoms with van der Waals surface area (Å²) in [5.74, 6) is -0.596. The Morgan fingerprint density at radius 1 is 1.24 bits per heavy atom. The minimum atomic E-state index is -0.610. The average Bonchev–Trinajstić information content (AvgIpc) is 2.80. The molecule has 0 spiro atoms. The number of nitrogens with zero attached hydrogens (tertiary/aromatic N) is 3. The highest BCUT2D eigenvalue weighted by molar-refractivity contribution is 8.14. The molecule has 0 bridgehead atoms. The number of carbonyl (C=O) groups excluding carboxylic acids is 1. The van der Waals surface area contributed by atoms with Crippen LogP contribution in [0.4, 0.5) is 14.5 Å². The van der Waals surface area contributed by atoms with Gasteiger partial charge in [0.05, 0.1) is 11.7 Å². The lowest BCUT2D eigenvalue weighted by atomic mass is 10.1. The molecular formula is C18H23F2N3OS. The molecule has 7 heteroatoms. The number of benzene rings is 1. The smallest absolute Gasteiger partial charge is 0.215 e. The number of aliphatic imine (C=N–C) groups is 1. The van der Waals surface area contributed by atoms with Crippen LogP contribution in [0, 0.1) is 11.6 Å². The first kappa shape index (κ1) is 18.2. The summed E-state index contributed by atoms with van der Waals surface area (Å²) in [4.78, 5) is 19.6. The summed E-state index contributed by atoms with van der Waals surface area (Å²) in [6.07, 6.45) is 7.33. The summed E-state index contributed by atoms with van der Waals surface area (Å²) in [6.45, 7) is 0. The van der Waals surface area contributed by atoms with Gasteiger partial charge in [-0.3, -0.25) is 14.7 Å². The van der Waals surface area contributed by atoms with Crippen molar-refractivity contribution in [1.82, 2.24) is 4.90 Å². The van der Waals surface area contributed by atoms with Crippen LogP contribution < -0.4 is 4.90 Å². The molecule has 3 rings (SSSR count). The van der Waals surface area contributed by atoms with E-state index in [0.29, 0.717) is 18.2 Å². The zero-order chi connectivity index (χ0) is 17.8. The predicted molar refractivity (Wildman–Crippen MR) is 97.8 cm³/mol. The van der Waals surface area contributed by atoms with Crippen molar-refractivity contribution >= 4 is 29.0 Å². The van der Waals surface area contributed by atoms with Crippen LogP contribution in [0.5, 0.6) is 0 Å². The molecule has 0 aromatic heterocycles. The van der Waals surface area contributed by atoms with Gasteiger partial charge in [-0.05, 0) is 25.0 Å². The van der Waals surface area contributed by atoms with Gasteiger partial charge in [-0.1, -0.05) is 37.4 Å². The Morgan fingerprint density at radius 2 is 1.96 bits per heavy atom. The Balaban J connectivity index is 1.78. The molecule has 1 aromatic carbocycles. The first-order chi connectivity index (χ1) is 12.1. The Bertz CT molecular complexity index is 647. The number of halogens is 2. The number of amides is 1. The topological polar surface area (TPSA) is 35.9 Å². The van der Waals surface area contributed by atoms with E-state index in [4.69, 9.17) is 4.99 Å². The van der Waals surface area contributed by atoms with Crippen molar-refractivity contribution in [2.45, 2.75) is 50.7 Å². The average molecular weight is 367 g/mol. The fraction of sp³-hybridized carbons (Fsp3) is 0.556. The minimum absolute atomic E-state index is 0.0387. The van der Waals surface area contributed by atoms with Gasteiger partial charge in [-0.25, -0.2) is 8.78 Å². The Hall–Kier alpha value is -1.63. The third kappa shape index (κ3) is 4.14. The lowest BCUT2D eigenvalue weighted by molar-refractivity contribution is -0.108. The molecule has 0 radical (unpaired) electrons. The summed E-state index contributed by atoms with van der Waals surface area (Å²) in [6, 6.07) is 3.47. The molecular weight excluding hydrogens is 344 g/mol. The number of thioether (sulfide) groups is 1. The van der Waals surface area contributed by atoms with Crippen molar-refractivity contribution in [2.24, 2.45) is 4.99 Å². The first-order valence-electron chi connectivity index (χ1n) is 8.72. The highest BCUT2D eigenvalue weighted by Crippen LogP contribution is 2.31. The SMILES string of the molecule is CN1C(=NC2CCCCCC2)SCC1N(C=O)c1cc(F)ccc1F. The standard InChI is InChI=1S/C18H23F2N3OS/c1-22-17(23(12-24)16-10-13(19)8-9-15(16)20)11-25-18(22)21-14-6-4-2-3-5-7-14/h8-10,12,14,17H,2-7,11H2,1H3. The van der Waals surface area contributed by atoms with Crippen molar-refractivity contribution in [3.8, 4) is 0 Å². The van der Waals surface area contributed by atoms with Gasteiger partial charge < -0.3 is 4.90 Å². The fourth-order valence-corrected chi connectivity index (χ4v) is 4.63. The van der Waals surface area contributed by atoms with E-state index in [1.807, 2.05) is 11.9 Å². The van der Waals surface area contributed by atoms with Gasteiger partial charge in [0.25, 0.3) is 0 Å². The van der Waals surface area contributed by atoms with E-state index in [0.717, 1.165) is 36.2 Å². The Kier molecular flexibility index (Phi) is 5.93. The predicted octanol–water partition coefficient (Wildman–Crippen LogP) is 4.01. The van der Waals surface area contributed by atoms with Gasteiger partial charge in [-0.15, -0.1) is 0 Å². The Morgan fingerprint density at radius 3 is 2.64 bits per heavy atom. The molecule has 2 fully saturated rings. The lowest BCUT2D eigenvalue weighted by Crippen LogP contribution is -2.45. The highest BCUT2D eigenvalue weighted by atomic mass is 32.2. The third-order valence-electron chi connectivity index (χ3n) is 4.85. The van der Waals surface area contributed by atoms with Crippen LogP contribution in [0.15, 0.2) is 23.2 Å². The molecule has 1 heterocycles. The van der Waals surface area contributed by atoms with Crippen LogP contribution >= 0.6 is 11.8 Å². The number of hydrogen-bond acceptors (Lipinski definition) is 3. The van der Waals surface area contributed by atoms with Gasteiger partial charge in [0.15, 0.2) is 5.17 Å². The Labute approximate surface area is 151 Å². The first-order valence-corrected chi connectivity index (χ1v) is 9.71. The molecule has 1 unspecified atom stereocenters. The van der Waals surface area contributed by atoms with Gasteiger partial charge in [0, 0.05) is 18.9 Å². The van der Waals surface area contributed by atoms with Gasteiger partial charge in [-0.2, -0.15) is 0 Å². The number of rotatable bonds is 4. The second kappa shape index (κ2) is 8.17.